The first kappa shape index (κ1) is 61.5. The fourth-order valence-corrected chi connectivity index (χ4v) is 11.5. The summed E-state index contributed by atoms with van der Waals surface area (Å²) in [5.41, 5.74) is -6.41. The van der Waals surface area contributed by atoms with Crippen molar-refractivity contribution < 1.29 is 127 Å². The van der Waals surface area contributed by atoms with Crippen LogP contribution < -0.4 is 4.74 Å². The highest BCUT2D eigenvalue weighted by atomic mass is 19.4. The van der Waals surface area contributed by atoms with Gasteiger partial charge in [0.2, 0.25) is 0 Å². The molecular weight excluding hydrogens is 1340 g/mol. The van der Waals surface area contributed by atoms with Gasteiger partial charge in [-0.3, -0.25) is 0 Å². The van der Waals surface area contributed by atoms with Gasteiger partial charge in [0.1, 0.15) is 51.8 Å². The molecule has 6 unspecified atom stereocenters. The maximum absolute atomic E-state index is 14.0. The van der Waals surface area contributed by atoms with Crippen LogP contribution in [0.2, 0.25) is 0 Å². The van der Waals surface area contributed by atoms with E-state index in [0.717, 1.165) is 48.6 Å². The molecule has 6 aliphatic rings. The van der Waals surface area contributed by atoms with Crippen molar-refractivity contribution in [1.29, 1.82) is 0 Å². The summed E-state index contributed by atoms with van der Waals surface area (Å²) in [5.74, 6) is -10.9. The molecule has 0 spiro atoms. The van der Waals surface area contributed by atoms with Gasteiger partial charge >= 0.3 is 37.2 Å². The summed E-state index contributed by atoms with van der Waals surface area (Å²) >= 11 is 0. The van der Waals surface area contributed by atoms with E-state index in [1.165, 1.54) is 31.2 Å². The maximum atomic E-state index is 14.0. The lowest BCUT2D eigenvalue weighted by atomic mass is 9.83. The molecule has 12 rings (SSSR count). The second-order valence-electron chi connectivity index (χ2n) is 24.8. The largest absolute Gasteiger partial charge is 0.573 e. The van der Waals surface area contributed by atoms with Crippen LogP contribution in [0.3, 0.4) is 0 Å². The van der Waals surface area contributed by atoms with Crippen LogP contribution in [-0.4, -0.2) is 6.36 Å². The number of halogens is 24. The van der Waals surface area contributed by atoms with Crippen molar-refractivity contribution in [1.82, 2.24) is 0 Å². The van der Waals surface area contributed by atoms with Crippen LogP contribution in [0.25, 0.3) is 0 Å². The molecule has 0 radical (unpaired) electrons. The van der Waals surface area contributed by atoms with E-state index in [0.29, 0.717) is 66.1 Å². The predicted molar refractivity (Wildman–Crippen MR) is 317 cm³/mol. The van der Waals surface area contributed by atoms with E-state index in [-0.39, 0.29) is 78.2 Å². The average molecular weight is 1420 g/mol. The number of benzene rings is 6. The second kappa shape index (κ2) is 30.9. The fourth-order valence-electron chi connectivity index (χ4n) is 11.5. The molecule has 0 heterocycles. The molecule has 0 amide bonds. The van der Waals surface area contributed by atoms with Gasteiger partial charge in [-0.05, 0) is 272 Å². The average Bonchev–Trinajstić information content (AvgIpc) is 0.730. The number of fused-ring (bicyclic) bond motifs is 6. The number of rotatable bonds is 1. The van der Waals surface area contributed by atoms with Gasteiger partial charge in [0, 0.05) is 16.4 Å². The summed E-state index contributed by atoms with van der Waals surface area (Å²) in [7, 11) is 0. The Morgan fingerprint density at radius 3 is 1.30 bits per heavy atom. The van der Waals surface area contributed by atoms with Crippen molar-refractivity contribution >= 4 is 0 Å². The predicted octanol–water partition coefficient (Wildman–Crippen LogP) is 23.7. The van der Waals surface area contributed by atoms with Crippen molar-refractivity contribution in [3.63, 3.8) is 0 Å². The van der Waals surface area contributed by atoms with Crippen LogP contribution in [0.4, 0.5) is 105 Å². The van der Waals surface area contributed by atoms with Gasteiger partial charge in [0.15, 0.2) is 0 Å². The standard InChI is InChI=1S/2C12H11F5.2C12H12F4.C12H13F3O.C12H13F3/c2*1-6-2-3-8-7(4-6)5-9(13)10(11(8)14)12(15,16)17;1-7-2-4-9-8(6-7)3-5-10(11(9)13)12(14,15)16;1-7-2-3-8-5-10(12(14,15)16)11(13)6-9(8)4-7;1-8-2-3-10-7-11(16-12(13,14)15)5-4-9(10)6-8;1-8-2-3-10-7-11(12(13,14)15)5-4-9(10)6-8/h2*5-6H,2-4H2,1H3;3,5,7H,2,4,6H2,1H3;5-7H,2-4H2,1H3;4-5,7-8H,2-3,6H2,1H3;4-5,7-8H,2-3,6H2,1H3/i2D2,4D2;3D2;4D2;3D2;;3D2. The molecule has 25 heteroatoms. The van der Waals surface area contributed by atoms with Crippen LogP contribution in [0, 0.1) is 70.4 Å². The molecule has 6 aromatic rings. The zero-order valence-electron chi connectivity index (χ0n) is 64.4. The first-order chi connectivity index (χ1) is 49.2. The Bertz CT molecular complexity index is 4280. The van der Waals surface area contributed by atoms with E-state index in [1.54, 1.807) is 26.8 Å². The molecule has 1 nitrogen and oxygen atoms in total. The minimum Gasteiger partial charge on any atom is -0.406 e. The Morgan fingerprint density at radius 2 is 0.773 bits per heavy atom. The van der Waals surface area contributed by atoms with E-state index >= 15 is 0 Å². The minimum absolute atomic E-state index is 0.0105. The summed E-state index contributed by atoms with van der Waals surface area (Å²) < 4.78 is 404. The van der Waals surface area contributed by atoms with Crippen LogP contribution in [-0.2, 0) is 108 Å². The van der Waals surface area contributed by atoms with Crippen molar-refractivity contribution in [3.8, 4) is 5.75 Å². The summed E-state index contributed by atoms with van der Waals surface area (Å²) in [5, 5.41) is 0. The van der Waals surface area contributed by atoms with Crippen LogP contribution in [0.1, 0.15) is 191 Å². The third kappa shape index (κ3) is 20.8. The topological polar surface area (TPSA) is 9.23 Å². The lowest BCUT2D eigenvalue weighted by Crippen LogP contribution is -2.19. The summed E-state index contributed by atoms with van der Waals surface area (Å²) in [6.45, 7) is 10.6. The lowest BCUT2D eigenvalue weighted by molar-refractivity contribution is -0.274. The Morgan fingerprint density at radius 1 is 0.340 bits per heavy atom. The first-order valence-electron chi connectivity index (χ1n) is 36.3. The van der Waals surface area contributed by atoms with E-state index < -0.39 is 173 Å². The van der Waals surface area contributed by atoms with Gasteiger partial charge in [-0.2, -0.15) is 65.9 Å². The molecular formula is C72H72F24O. The lowest BCUT2D eigenvalue weighted by Gasteiger charge is -2.23. The Balaban J connectivity index is 0.000000182. The Hall–Kier alpha value is -6.56. The molecule has 0 N–H and O–H groups in total. The highest BCUT2D eigenvalue weighted by Crippen LogP contribution is 2.43. The van der Waals surface area contributed by atoms with Crippen LogP contribution >= 0.6 is 0 Å². The van der Waals surface area contributed by atoms with Gasteiger partial charge in [0.05, 0.1) is 16.7 Å². The number of aryl methyl sites for hydroxylation is 3. The van der Waals surface area contributed by atoms with Crippen molar-refractivity contribution in [2.75, 3.05) is 0 Å². The van der Waals surface area contributed by atoms with Gasteiger partial charge < -0.3 is 4.74 Å². The number of hydrogen-bond donors (Lipinski definition) is 0. The number of alkyl halides is 18. The first-order valence-corrected chi connectivity index (χ1v) is 30.3. The SMILES string of the molecule is CC1CCc2cc(OC(F)(F)F)ccc2C1.[2H]C1([2H])CC(C)Cc2cc(F)c(C(F)(F)F)c(F)c21.[2H]C1([2H])CC(C)Cc2cc(F)c(C(F)(F)F)cc21.[2H]C1([2H])CC(C)Cc2ccc(C(F)(F)F)c(F)c21.[2H]C1([2H])CC(C)Cc2ccc(C(F)(F)F)cc21.[2H]C1([2H])Cc2c(cc(F)c(C(F)(F)F)c2F)C([2H])([2H])C1C. The van der Waals surface area contributed by atoms with Crippen molar-refractivity contribution in [3.05, 3.63) is 202 Å². The molecule has 0 bridgehead atoms. The highest BCUT2D eigenvalue weighted by Gasteiger charge is 2.43. The van der Waals surface area contributed by atoms with E-state index in [1.807, 2.05) is 6.92 Å². The third-order valence-electron chi connectivity index (χ3n) is 16.3. The van der Waals surface area contributed by atoms with Gasteiger partial charge in [-0.1, -0.05) is 59.7 Å². The zero-order valence-corrected chi connectivity index (χ0v) is 52.4. The maximum Gasteiger partial charge on any atom is 0.573 e. The molecule has 0 aliphatic heterocycles. The molecule has 6 aromatic carbocycles. The van der Waals surface area contributed by atoms with E-state index in [9.17, 15) is 105 Å². The van der Waals surface area contributed by atoms with E-state index in [4.69, 9.17) is 16.4 Å². The monoisotopic (exact) mass is 1420 g/mol. The molecule has 6 atom stereocenters. The molecule has 6 aliphatic carbocycles. The fraction of sp³-hybridized carbons (Fsp3) is 0.500. The summed E-state index contributed by atoms with van der Waals surface area (Å²) in [4.78, 5) is 0. The Labute approximate surface area is 563 Å². The molecule has 0 saturated heterocycles. The summed E-state index contributed by atoms with van der Waals surface area (Å²) in [6, 6.07) is 12.3. The zero-order chi connectivity index (χ0) is 83.0. The van der Waals surface area contributed by atoms with Gasteiger partial charge in [-0.25, -0.2) is 26.3 Å². The van der Waals surface area contributed by atoms with Gasteiger partial charge in [-0.15, -0.1) is 13.2 Å². The molecule has 0 saturated carbocycles. The highest BCUT2D eigenvalue weighted by molar-refractivity contribution is 5.42. The second-order valence-corrected chi connectivity index (χ2v) is 24.8. The number of ether oxygens (including phenoxy) is 1. The van der Waals surface area contributed by atoms with Crippen LogP contribution in [0.5, 0.6) is 5.75 Å². The Kier molecular flexibility index (Phi) is 19.6. The molecule has 0 aromatic heterocycles. The van der Waals surface area contributed by atoms with Crippen molar-refractivity contribution in [2.45, 2.75) is 194 Å². The number of hydrogen-bond acceptors (Lipinski definition) is 1. The minimum atomic E-state index is -5.27. The molecule has 534 valence electrons. The normalized spacial score (nSPS) is 25.5. The van der Waals surface area contributed by atoms with Crippen molar-refractivity contribution in [2.24, 2.45) is 35.5 Å². The molecule has 0 fully saturated rings. The van der Waals surface area contributed by atoms with Crippen LogP contribution in [0.15, 0.2) is 72.8 Å². The van der Waals surface area contributed by atoms with E-state index in [2.05, 4.69) is 11.7 Å². The molecule has 97 heavy (non-hydrogen) atoms. The smallest absolute Gasteiger partial charge is 0.406 e. The summed E-state index contributed by atoms with van der Waals surface area (Å²) in [6.07, 6.45) is -37.4. The van der Waals surface area contributed by atoms with Gasteiger partial charge in [0.25, 0.3) is 0 Å². The quantitative estimate of drug-likeness (QED) is 0.149. The third-order valence-corrected chi connectivity index (χ3v) is 16.3.